The van der Waals surface area contributed by atoms with E-state index >= 15 is 0 Å². The summed E-state index contributed by atoms with van der Waals surface area (Å²) in [6.45, 7) is 7.90. The van der Waals surface area contributed by atoms with E-state index in [-0.39, 0.29) is 16.3 Å². The summed E-state index contributed by atoms with van der Waals surface area (Å²) in [6, 6.07) is 8.99. The molecule has 1 fully saturated rings. The fraction of sp³-hybridized carbons (Fsp3) is 0.350. The van der Waals surface area contributed by atoms with Gasteiger partial charge in [0.05, 0.1) is 21.7 Å². The number of oxazole rings is 1. The first-order valence-corrected chi connectivity index (χ1v) is 11.0. The molecule has 1 aliphatic rings. The number of fused-ring (bicyclic) bond motifs is 1. The van der Waals surface area contributed by atoms with Crippen LogP contribution >= 0.6 is 0 Å². The van der Waals surface area contributed by atoms with Crippen LogP contribution in [0.25, 0.3) is 22.6 Å². The molecule has 0 unspecified atom stereocenters. The third-order valence-corrected chi connectivity index (χ3v) is 6.65. The fourth-order valence-electron chi connectivity index (χ4n) is 3.09. The Morgan fingerprint density at radius 1 is 1.00 bits per heavy atom. The predicted molar refractivity (Wildman–Crippen MR) is 108 cm³/mol. The highest BCUT2D eigenvalue weighted by Gasteiger charge is 2.51. The topological polar surface area (TPSA) is 78.6 Å². The maximum Gasteiger partial charge on any atom is 0.494 e. The lowest BCUT2D eigenvalue weighted by Gasteiger charge is -2.32. The number of benzene rings is 2. The van der Waals surface area contributed by atoms with Crippen LogP contribution in [0.1, 0.15) is 27.7 Å². The summed E-state index contributed by atoms with van der Waals surface area (Å²) in [5, 5.41) is 0. The molecule has 0 atom stereocenters. The van der Waals surface area contributed by atoms with Gasteiger partial charge < -0.3 is 13.7 Å². The lowest BCUT2D eigenvalue weighted by molar-refractivity contribution is 0.00578. The van der Waals surface area contributed by atoms with Gasteiger partial charge in [-0.1, -0.05) is 6.07 Å². The fourth-order valence-corrected chi connectivity index (χ4v) is 3.72. The van der Waals surface area contributed by atoms with Gasteiger partial charge in [-0.05, 0) is 63.5 Å². The average molecular weight is 417 g/mol. The molecule has 0 aliphatic carbocycles. The Hall–Kier alpha value is -2.23. The Labute approximate surface area is 169 Å². The van der Waals surface area contributed by atoms with Gasteiger partial charge in [-0.15, -0.1) is 0 Å². The van der Waals surface area contributed by atoms with Gasteiger partial charge in [-0.25, -0.2) is 17.8 Å². The zero-order chi connectivity index (χ0) is 21.2. The first-order valence-electron chi connectivity index (χ1n) is 9.13. The van der Waals surface area contributed by atoms with Crippen LogP contribution in [0.5, 0.6) is 0 Å². The van der Waals surface area contributed by atoms with Crippen molar-refractivity contribution in [1.82, 2.24) is 4.98 Å². The average Bonchev–Trinajstić information content (AvgIpc) is 3.11. The zero-order valence-electron chi connectivity index (χ0n) is 16.8. The number of hydrogen-bond donors (Lipinski definition) is 0. The molecule has 6 nitrogen and oxygen atoms in total. The highest BCUT2D eigenvalue weighted by molar-refractivity contribution is 7.90. The lowest BCUT2D eigenvalue weighted by Crippen LogP contribution is -2.41. The zero-order valence-corrected chi connectivity index (χ0v) is 17.6. The second-order valence-corrected chi connectivity index (χ2v) is 10.3. The van der Waals surface area contributed by atoms with Crippen LogP contribution in [0.4, 0.5) is 4.39 Å². The Morgan fingerprint density at radius 3 is 2.24 bits per heavy atom. The third kappa shape index (κ3) is 3.47. The molecule has 0 spiro atoms. The van der Waals surface area contributed by atoms with Crippen LogP contribution in [0.3, 0.4) is 0 Å². The smallest absolute Gasteiger partial charge is 0.436 e. The summed E-state index contributed by atoms with van der Waals surface area (Å²) >= 11 is 0. The molecule has 1 aromatic heterocycles. The Balaban J connectivity index is 1.70. The first kappa shape index (κ1) is 20.1. The van der Waals surface area contributed by atoms with Crippen LogP contribution in [0.15, 0.2) is 45.7 Å². The van der Waals surface area contributed by atoms with E-state index in [9.17, 15) is 12.8 Å². The van der Waals surface area contributed by atoms with Gasteiger partial charge in [0.2, 0.25) is 5.89 Å². The van der Waals surface area contributed by atoms with Crippen molar-refractivity contribution in [2.45, 2.75) is 43.8 Å². The van der Waals surface area contributed by atoms with Crippen LogP contribution < -0.4 is 5.46 Å². The number of halogens is 1. The van der Waals surface area contributed by atoms with E-state index < -0.39 is 34.0 Å². The van der Waals surface area contributed by atoms with Gasteiger partial charge in [-0.3, -0.25) is 0 Å². The van der Waals surface area contributed by atoms with Crippen molar-refractivity contribution in [2.24, 2.45) is 0 Å². The van der Waals surface area contributed by atoms with Gasteiger partial charge in [0.25, 0.3) is 0 Å². The lowest BCUT2D eigenvalue weighted by atomic mass is 9.79. The minimum Gasteiger partial charge on any atom is -0.436 e. The van der Waals surface area contributed by atoms with Crippen molar-refractivity contribution in [3.05, 3.63) is 42.2 Å². The van der Waals surface area contributed by atoms with Crippen molar-refractivity contribution in [3.8, 4) is 11.5 Å². The van der Waals surface area contributed by atoms with Gasteiger partial charge in [-0.2, -0.15) is 0 Å². The molecule has 0 N–H and O–H groups in total. The summed E-state index contributed by atoms with van der Waals surface area (Å²) in [5.41, 5.74) is 0.943. The maximum atomic E-state index is 14.5. The predicted octanol–water partition coefficient (Wildman–Crippen LogP) is 3.34. The summed E-state index contributed by atoms with van der Waals surface area (Å²) < 4.78 is 55.5. The van der Waals surface area contributed by atoms with E-state index in [1.54, 1.807) is 12.1 Å². The summed E-state index contributed by atoms with van der Waals surface area (Å²) in [6.07, 6.45) is 1.03. The quantitative estimate of drug-likeness (QED) is 0.609. The monoisotopic (exact) mass is 417 g/mol. The molecule has 3 aromatic rings. The van der Waals surface area contributed by atoms with Crippen molar-refractivity contribution in [3.63, 3.8) is 0 Å². The molecule has 1 aliphatic heterocycles. The highest BCUT2D eigenvalue weighted by atomic mass is 32.2. The molecular weight excluding hydrogens is 396 g/mol. The molecule has 2 aromatic carbocycles. The molecule has 0 amide bonds. The number of nitrogens with zero attached hydrogens (tertiary/aromatic N) is 1. The van der Waals surface area contributed by atoms with Crippen LogP contribution in [-0.4, -0.2) is 38.0 Å². The van der Waals surface area contributed by atoms with Crippen LogP contribution in [-0.2, 0) is 19.1 Å². The van der Waals surface area contributed by atoms with Crippen molar-refractivity contribution >= 4 is 33.5 Å². The standard InChI is InChI=1S/C20H21BFNO5S/c1-19(2)20(3,4)28-21(27-19)12-6-9-17-16(10-12)23-18(26-17)14-8-7-13(11-15(14)22)29(5,24)25/h6-11H,1-5H3. The van der Waals surface area contributed by atoms with Gasteiger partial charge in [0.15, 0.2) is 15.4 Å². The van der Waals surface area contributed by atoms with E-state index in [2.05, 4.69) is 4.98 Å². The number of rotatable bonds is 3. The summed E-state index contributed by atoms with van der Waals surface area (Å²) in [5.74, 6) is -0.644. The van der Waals surface area contributed by atoms with Gasteiger partial charge in [0, 0.05) is 6.26 Å². The molecule has 29 heavy (non-hydrogen) atoms. The summed E-state index contributed by atoms with van der Waals surface area (Å²) in [7, 11) is -4.05. The van der Waals surface area contributed by atoms with E-state index in [0.717, 1.165) is 17.8 Å². The van der Waals surface area contributed by atoms with E-state index in [1.807, 2.05) is 33.8 Å². The maximum absolute atomic E-state index is 14.5. The second kappa shape index (κ2) is 6.39. The van der Waals surface area contributed by atoms with Crippen LogP contribution in [0.2, 0.25) is 0 Å². The van der Waals surface area contributed by atoms with Crippen molar-refractivity contribution in [2.75, 3.05) is 6.26 Å². The number of sulfone groups is 1. The van der Waals surface area contributed by atoms with Crippen LogP contribution in [0, 0.1) is 5.82 Å². The van der Waals surface area contributed by atoms with E-state index in [0.29, 0.717) is 11.1 Å². The number of aromatic nitrogens is 1. The van der Waals surface area contributed by atoms with Crippen molar-refractivity contribution < 1.29 is 26.5 Å². The first-order chi connectivity index (χ1) is 13.4. The molecule has 0 saturated carbocycles. The molecule has 4 rings (SSSR count). The van der Waals surface area contributed by atoms with E-state index in [4.69, 9.17) is 13.7 Å². The van der Waals surface area contributed by atoms with E-state index in [1.165, 1.54) is 12.1 Å². The van der Waals surface area contributed by atoms with Crippen molar-refractivity contribution in [1.29, 1.82) is 0 Å². The second-order valence-electron chi connectivity index (χ2n) is 8.25. The molecule has 2 heterocycles. The normalized spacial score (nSPS) is 18.5. The highest BCUT2D eigenvalue weighted by Crippen LogP contribution is 2.36. The third-order valence-electron chi connectivity index (χ3n) is 5.54. The SMILES string of the molecule is CC1(C)OB(c2ccc3oc(-c4ccc(S(C)(=O)=O)cc4F)nc3c2)OC1(C)C. The molecule has 9 heteroatoms. The molecule has 0 bridgehead atoms. The Morgan fingerprint density at radius 2 is 1.66 bits per heavy atom. The molecular formula is C20H21BFNO5S. The Bertz CT molecular complexity index is 1200. The minimum atomic E-state index is -3.50. The molecule has 152 valence electrons. The summed E-state index contributed by atoms with van der Waals surface area (Å²) in [4.78, 5) is 4.27. The van der Waals surface area contributed by atoms with Gasteiger partial charge >= 0.3 is 7.12 Å². The Kier molecular flexibility index (Phi) is 4.42. The largest absolute Gasteiger partial charge is 0.494 e. The minimum absolute atomic E-state index is 0.0728. The molecule has 0 radical (unpaired) electrons. The van der Waals surface area contributed by atoms with Gasteiger partial charge in [0.1, 0.15) is 11.3 Å². The number of hydrogen-bond acceptors (Lipinski definition) is 6. The molecule has 1 saturated heterocycles.